The minimum Gasteiger partial charge on any atom is -0.467 e. The smallest absolute Gasteiger partial charge is 0.411 e. The predicted octanol–water partition coefficient (Wildman–Crippen LogP) is 4.73. The molecule has 1 rings (SSSR count). The minimum absolute atomic E-state index is 0.180. The maximum atomic E-state index is 12.7. The second-order valence-corrected chi connectivity index (χ2v) is 14.9. The first-order valence-corrected chi connectivity index (χ1v) is 12.2. The summed E-state index contributed by atoms with van der Waals surface area (Å²) in [6.45, 7) is 19.2. The summed E-state index contributed by atoms with van der Waals surface area (Å²) in [5, 5.41) is 0. The molecule has 0 aromatic rings. The zero-order valence-electron chi connectivity index (χ0n) is 18.8. The van der Waals surface area contributed by atoms with Crippen LogP contribution in [0.1, 0.15) is 68.7 Å². The highest BCUT2D eigenvalue weighted by Crippen LogP contribution is 2.44. The summed E-state index contributed by atoms with van der Waals surface area (Å²) in [5.41, 5.74) is 0.683. The number of carbonyl (C=O) groups excluding carboxylic acids is 2. The summed E-state index contributed by atoms with van der Waals surface area (Å²) in [6, 6.07) is -0.659. The van der Waals surface area contributed by atoms with E-state index in [0.29, 0.717) is 29.6 Å². The standard InChI is InChI=1S/C20H39NO5Si/c1-13(2)27(14(3)4,15(5)6)26-16-11-17(18(22)24-10)21(12-16)19(23)25-20(7,8)9/h13-17H,11-12H2,1-10H3/t16-,17-/m0/s1. The van der Waals surface area contributed by atoms with Gasteiger partial charge in [-0.25, -0.2) is 9.59 Å². The van der Waals surface area contributed by atoms with Crippen molar-refractivity contribution in [3.63, 3.8) is 0 Å². The van der Waals surface area contributed by atoms with E-state index in [9.17, 15) is 9.59 Å². The summed E-state index contributed by atoms with van der Waals surface area (Å²) < 4.78 is 17.2. The van der Waals surface area contributed by atoms with Crippen molar-refractivity contribution in [1.29, 1.82) is 0 Å². The van der Waals surface area contributed by atoms with Crippen molar-refractivity contribution in [3.05, 3.63) is 0 Å². The summed E-state index contributed by atoms with van der Waals surface area (Å²) in [7, 11) is -0.763. The lowest BCUT2D eigenvalue weighted by molar-refractivity contribution is -0.145. The third-order valence-corrected chi connectivity index (χ3v) is 11.6. The van der Waals surface area contributed by atoms with Crippen molar-refractivity contribution in [1.82, 2.24) is 4.90 Å². The predicted molar refractivity (Wildman–Crippen MR) is 109 cm³/mol. The number of carbonyl (C=O) groups is 2. The van der Waals surface area contributed by atoms with Gasteiger partial charge < -0.3 is 13.9 Å². The Morgan fingerprint density at radius 3 is 1.85 bits per heavy atom. The molecule has 0 saturated carbocycles. The number of methoxy groups -OCH3 is 1. The fourth-order valence-corrected chi connectivity index (χ4v) is 10.0. The molecule has 0 aromatic carbocycles. The Morgan fingerprint density at radius 1 is 1.00 bits per heavy atom. The van der Waals surface area contributed by atoms with E-state index in [1.807, 2.05) is 20.8 Å². The van der Waals surface area contributed by atoms with E-state index in [4.69, 9.17) is 13.9 Å². The average Bonchev–Trinajstić information content (AvgIpc) is 2.93. The lowest BCUT2D eigenvalue weighted by Crippen LogP contribution is -2.50. The first-order valence-electron chi connectivity index (χ1n) is 10.0. The van der Waals surface area contributed by atoms with Gasteiger partial charge in [-0.3, -0.25) is 4.90 Å². The van der Waals surface area contributed by atoms with E-state index in [1.165, 1.54) is 12.0 Å². The molecule has 0 aliphatic carbocycles. The number of likely N-dealkylation sites (tertiary alicyclic amines) is 1. The molecule has 0 aromatic heterocycles. The number of ether oxygens (including phenoxy) is 2. The van der Waals surface area contributed by atoms with Gasteiger partial charge in [0.25, 0.3) is 0 Å². The molecule has 1 amide bonds. The quantitative estimate of drug-likeness (QED) is 0.475. The highest BCUT2D eigenvalue weighted by molar-refractivity contribution is 6.77. The van der Waals surface area contributed by atoms with Crippen LogP contribution in [0.25, 0.3) is 0 Å². The first kappa shape index (κ1) is 24.0. The fourth-order valence-electron chi connectivity index (χ4n) is 4.46. The van der Waals surface area contributed by atoms with Gasteiger partial charge in [-0.2, -0.15) is 0 Å². The van der Waals surface area contributed by atoms with Crippen LogP contribution in [-0.2, 0) is 18.7 Å². The van der Waals surface area contributed by atoms with E-state index >= 15 is 0 Å². The summed E-state index contributed by atoms with van der Waals surface area (Å²) >= 11 is 0. The van der Waals surface area contributed by atoms with Gasteiger partial charge in [0.15, 0.2) is 0 Å². The highest BCUT2D eigenvalue weighted by atomic mass is 28.4. The largest absolute Gasteiger partial charge is 0.467 e. The molecule has 27 heavy (non-hydrogen) atoms. The number of amides is 1. The Kier molecular flexibility index (Phi) is 7.94. The van der Waals surface area contributed by atoms with E-state index in [-0.39, 0.29) is 6.10 Å². The second-order valence-electron chi connectivity index (χ2n) is 9.46. The molecule has 0 radical (unpaired) electrons. The summed E-state index contributed by atoms with van der Waals surface area (Å²) in [4.78, 5) is 26.4. The molecule has 0 N–H and O–H groups in total. The molecule has 2 atom stereocenters. The monoisotopic (exact) mass is 401 g/mol. The zero-order chi connectivity index (χ0) is 21.2. The first-order chi connectivity index (χ1) is 12.3. The second kappa shape index (κ2) is 8.95. The van der Waals surface area contributed by atoms with Crippen molar-refractivity contribution in [2.75, 3.05) is 13.7 Å². The van der Waals surface area contributed by atoms with Gasteiger partial charge in [0.05, 0.1) is 13.2 Å². The number of rotatable bonds is 6. The molecule has 1 aliphatic heterocycles. The van der Waals surface area contributed by atoms with Gasteiger partial charge in [-0.15, -0.1) is 0 Å². The molecule has 158 valence electrons. The summed E-state index contributed by atoms with van der Waals surface area (Å²) in [6.07, 6.45) is -0.220. The Morgan fingerprint density at radius 2 is 1.48 bits per heavy atom. The maximum Gasteiger partial charge on any atom is 0.411 e. The summed E-state index contributed by atoms with van der Waals surface area (Å²) in [5.74, 6) is -0.419. The van der Waals surface area contributed by atoms with Crippen LogP contribution in [-0.4, -0.2) is 56.7 Å². The van der Waals surface area contributed by atoms with E-state index in [0.717, 1.165) is 0 Å². The zero-order valence-corrected chi connectivity index (χ0v) is 19.8. The van der Waals surface area contributed by atoms with Gasteiger partial charge in [-0.05, 0) is 37.4 Å². The van der Waals surface area contributed by atoms with Crippen LogP contribution < -0.4 is 0 Å². The number of hydrogen-bond donors (Lipinski definition) is 0. The van der Waals surface area contributed by atoms with Gasteiger partial charge in [0.2, 0.25) is 8.32 Å². The van der Waals surface area contributed by atoms with Crippen molar-refractivity contribution < 1.29 is 23.5 Å². The molecule has 1 saturated heterocycles. The van der Waals surface area contributed by atoms with Crippen LogP contribution in [0, 0.1) is 0 Å². The van der Waals surface area contributed by atoms with Crippen molar-refractivity contribution in [3.8, 4) is 0 Å². The van der Waals surface area contributed by atoms with Gasteiger partial charge in [-0.1, -0.05) is 41.5 Å². The molecule has 0 bridgehead atoms. The normalized spacial score (nSPS) is 21.3. The molecular weight excluding hydrogens is 362 g/mol. The van der Waals surface area contributed by atoms with E-state index < -0.39 is 32.0 Å². The van der Waals surface area contributed by atoms with Crippen LogP contribution in [0.4, 0.5) is 4.79 Å². The Labute approximate surface area is 166 Å². The number of hydrogen-bond acceptors (Lipinski definition) is 5. The SMILES string of the molecule is COC(=O)[C@@H]1C[C@H](O[Si](C(C)C)(C(C)C)C(C)C)CN1C(=O)OC(C)(C)C. The van der Waals surface area contributed by atoms with Crippen molar-refractivity contribution in [2.24, 2.45) is 0 Å². The van der Waals surface area contributed by atoms with Gasteiger partial charge in [0.1, 0.15) is 11.6 Å². The van der Waals surface area contributed by atoms with Crippen LogP contribution in [0.15, 0.2) is 0 Å². The molecule has 6 nitrogen and oxygen atoms in total. The molecule has 7 heteroatoms. The van der Waals surface area contributed by atoms with Gasteiger partial charge >= 0.3 is 12.1 Å². The highest BCUT2D eigenvalue weighted by Gasteiger charge is 2.50. The van der Waals surface area contributed by atoms with Crippen LogP contribution in [0.5, 0.6) is 0 Å². The molecule has 1 fully saturated rings. The molecule has 1 aliphatic rings. The Bertz CT molecular complexity index is 505. The van der Waals surface area contributed by atoms with Crippen LogP contribution in [0.2, 0.25) is 16.6 Å². The minimum atomic E-state index is -2.11. The lowest BCUT2D eigenvalue weighted by atomic mass is 10.2. The maximum absolute atomic E-state index is 12.7. The Balaban J connectivity index is 3.10. The van der Waals surface area contributed by atoms with Crippen LogP contribution >= 0.6 is 0 Å². The van der Waals surface area contributed by atoms with E-state index in [2.05, 4.69) is 41.5 Å². The third kappa shape index (κ3) is 5.47. The van der Waals surface area contributed by atoms with Crippen molar-refractivity contribution >= 4 is 20.4 Å². The molecule has 0 spiro atoms. The van der Waals surface area contributed by atoms with E-state index in [1.54, 1.807) is 0 Å². The third-order valence-electron chi connectivity index (χ3n) is 5.44. The van der Waals surface area contributed by atoms with Crippen LogP contribution in [0.3, 0.4) is 0 Å². The molecule has 0 unspecified atom stereocenters. The lowest BCUT2D eigenvalue weighted by Gasteiger charge is -2.44. The Hall–Kier alpha value is -1.08. The molecule has 1 heterocycles. The van der Waals surface area contributed by atoms with Gasteiger partial charge in [0, 0.05) is 13.0 Å². The number of esters is 1. The van der Waals surface area contributed by atoms with Crippen molar-refractivity contribution in [2.45, 2.75) is 103 Å². The fraction of sp³-hybridized carbons (Fsp3) is 0.900. The topological polar surface area (TPSA) is 65.1 Å². The molecular formula is C20H39NO5Si. The average molecular weight is 402 g/mol. The number of nitrogens with zero attached hydrogens (tertiary/aromatic N) is 1.